The van der Waals surface area contributed by atoms with Gasteiger partial charge in [0.15, 0.2) is 0 Å². The lowest BCUT2D eigenvalue weighted by molar-refractivity contribution is 1.13. The molecule has 0 bridgehead atoms. The van der Waals surface area contributed by atoms with Gasteiger partial charge in [-0.15, -0.1) is 11.8 Å². The average Bonchev–Trinajstić information content (AvgIpc) is 2.01. The molecule has 0 aliphatic rings. The Morgan fingerprint density at radius 2 is 2.18 bits per heavy atom. The number of hydrogen-bond donors (Lipinski definition) is 0. The van der Waals surface area contributed by atoms with Crippen molar-refractivity contribution in [1.29, 1.82) is 0 Å². The third-order valence-electron chi connectivity index (χ3n) is 1.08. The van der Waals surface area contributed by atoms with Gasteiger partial charge in [0.1, 0.15) is 5.03 Å². The topological polar surface area (TPSA) is 12.9 Å². The van der Waals surface area contributed by atoms with Crippen LogP contribution in [0.4, 0.5) is 0 Å². The first-order valence-electron chi connectivity index (χ1n) is 2.70. The number of aromatic nitrogens is 1. The minimum absolute atomic E-state index is 0.605. The SMILES string of the molecule is CSc1ncc(Cl)c(I)c1Cl. The Balaban J connectivity index is 3.25. The molecule has 0 saturated heterocycles. The zero-order chi connectivity index (χ0) is 8.43. The molecular formula is C6H4Cl2INS. The van der Waals surface area contributed by atoms with Crippen LogP contribution in [0.2, 0.25) is 10.0 Å². The third kappa shape index (κ3) is 2.14. The Bertz CT molecular complexity index is 280. The molecule has 0 fully saturated rings. The van der Waals surface area contributed by atoms with E-state index in [2.05, 4.69) is 27.6 Å². The Labute approximate surface area is 93.0 Å². The second kappa shape index (κ2) is 4.16. The molecule has 0 atom stereocenters. The minimum Gasteiger partial charge on any atom is -0.247 e. The molecule has 1 aromatic heterocycles. The van der Waals surface area contributed by atoms with Crippen LogP contribution in [-0.2, 0) is 0 Å². The van der Waals surface area contributed by atoms with Gasteiger partial charge in [0.05, 0.1) is 13.6 Å². The van der Waals surface area contributed by atoms with Crippen molar-refractivity contribution in [3.63, 3.8) is 0 Å². The molecule has 0 saturated carbocycles. The summed E-state index contributed by atoms with van der Waals surface area (Å²) in [6.45, 7) is 0. The van der Waals surface area contributed by atoms with Crippen molar-refractivity contribution in [3.8, 4) is 0 Å². The van der Waals surface area contributed by atoms with Gasteiger partial charge in [-0.3, -0.25) is 0 Å². The Morgan fingerprint density at radius 1 is 1.55 bits per heavy atom. The number of hydrogen-bond acceptors (Lipinski definition) is 2. The van der Waals surface area contributed by atoms with E-state index in [1.807, 2.05) is 6.26 Å². The van der Waals surface area contributed by atoms with Crippen molar-refractivity contribution in [1.82, 2.24) is 4.98 Å². The summed E-state index contributed by atoms with van der Waals surface area (Å²) in [6, 6.07) is 0. The van der Waals surface area contributed by atoms with Crippen LogP contribution < -0.4 is 0 Å². The molecule has 1 heterocycles. The van der Waals surface area contributed by atoms with Crippen LogP contribution in [0.15, 0.2) is 11.2 Å². The molecule has 0 aromatic carbocycles. The largest absolute Gasteiger partial charge is 0.247 e. The first-order chi connectivity index (χ1) is 5.16. The van der Waals surface area contributed by atoms with Gasteiger partial charge < -0.3 is 0 Å². The van der Waals surface area contributed by atoms with E-state index in [9.17, 15) is 0 Å². The average molecular weight is 320 g/mol. The Kier molecular flexibility index (Phi) is 3.74. The van der Waals surface area contributed by atoms with Crippen molar-refractivity contribution < 1.29 is 0 Å². The lowest BCUT2D eigenvalue weighted by atomic mass is 10.5. The van der Waals surface area contributed by atoms with Gasteiger partial charge in [0, 0.05) is 6.20 Å². The van der Waals surface area contributed by atoms with Crippen LogP contribution in [-0.4, -0.2) is 11.2 Å². The maximum atomic E-state index is 5.92. The van der Waals surface area contributed by atoms with Gasteiger partial charge in [-0.2, -0.15) is 0 Å². The molecule has 0 radical (unpaired) electrons. The number of nitrogens with zero attached hydrogens (tertiary/aromatic N) is 1. The van der Waals surface area contributed by atoms with Gasteiger partial charge >= 0.3 is 0 Å². The van der Waals surface area contributed by atoms with Crippen LogP contribution in [0.5, 0.6) is 0 Å². The normalized spacial score (nSPS) is 10.2. The van der Waals surface area contributed by atoms with Gasteiger partial charge in [-0.05, 0) is 28.8 Å². The van der Waals surface area contributed by atoms with Crippen molar-refractivity contribution in [2.75, 3.05) is 6.26 Å². The Hall–Kier alpha value is 0.810. The predicted octanol–water partition coefficient (Wildman–Crippen LogP) is 3.71. The summed E-state index contributed by atoms with van der Waals surface area (Å²) in [4.78, 5) is 4.05. The van der Waals surface area contributed by atoms with Crippen molar-refractivity contribution >= 4 is 57.6 Å². The molecule has 0 amide bonds. The molecule has 0 unspecified atom stereocenters. The van der Waals surface area contributed by atoms with Crippen LogP contribution in [0.3, 0.4) is 0 Å². The van der Waals surface area contributed by atoms with E-state index in [0.29, 0.717) is 10.0 Å². The lowest BCUT2D eigenvalue weighted by Gasteiger charge is -2.02. The molecule has 1 nitrogen and oxygen atoms in total. The third-order valence-corrected chi connectivity index (χ3v) is 4.30. The summed E-state index contributed by atoms with van der Waals surface area (Å²) in [6.07, 6.45) is 3.54. The van der Waals surface area contributed by atoms with Gasteiger partial charge in [0.25, 0.3) is 0 Å². The summed E-state index contributed by atoms with van der Waals surface area (Å²) in [5.74, 6) is 0. The smallest absolute Gasteiger partial charge is 0.116 e. The highest BCUT2D eigenvalue weighted by atomic mass is 127. The first kappa shape index (κ1) is 9.89. The zero-order valence-corrected chi connectivity index (χ0v) is 10.1. The second-order valence-electron chi connectivity index (χ2n) is 1.74. The van der Waals surface area contributed by atoms with Crippen molar-refractivity contribution in [3.05, 3.63) is 19.8 Å². The van der Waals surface area contributed by atoms with E-state index in [0.717, 1.165) is 8.60 Å². The van der Waals surface area contributed by atoms with Gasteiger partial charge in [-0.25, -0.2) is 4.98 Å². The molecular weight excluding hydrogens is 316 g/mol. The molecule has 0 N–H and O–H groups in total. The standard InChI is InChI=1S/C6H4Cl2INS/c1-11-6-4(8)5(9)3(7)2-10-6/h2H,1H3. The number of pyridine rings is 1. The van der Waals surface area contributed by atoms with Gasteiger partial charge in [-0.1, -0.05) is 23.2 Å². The fourth-order valence-corrected chi connectivity index (χ4v) is 2.16. The number of thioether (sulfide) groups is 1. The molecule has 5 heteroatoms. The first-order valence-corrected chi connectivity index (χ1v) is 5.76. The summed E-state index contributed by atoms with van der Waals surface area (Å²) in [5.41, 5.74) is 0. The Morgan fingerprint density at radius 3 is 2.73 bits per heavy atom. The highest BCUT2D eigenvalue weighted by molar-refractivity contribution is 14.1. The van der Waals surface area contributed by atoms with Crippen molar-refractivity contribution in [2.45, 2.75) is 5.03 Å². The molecule has 1 rings (SSSR count). The minimum atomic E-state index is 0.605. The zero-order valence-electron chi connectivity index (χ0n) is 5.57. The van der Waals surface area contributed by atoms with Crippen LogP contribution in [0.25, 0.3) is 0 Å². The molecule has 11 heavy (non-hydrogen) atoms. The maximum Gasteiger partial charge on any atom is 0.116 e. The number of halogens is 3. The molecule has 60 valence electrons. The summed E-state index contributed by atoms with van der Waals surface area (Å²) in [7, 11) is 0. The summed E-state index contributed by atoms with van der Waals surface area (Å²) >= 11 is 15.3. The summed E-state index contributed by atoms with van der Waals surface area (Å²) < 4.78 is 0.866. The molecule has 0 aliphatic carbocycles. The number of rotatable bonds is 1. The molecule has 1 aromatic rings. The fourth-order valence-electron chi connectivity index (χ4n) is 0.570. The monoisotopic (exact) mass is 319 g/mol. The second-order valence-corrected chi connectivity index (χ2v) is 4.40. The molecule has 0 spiro atoms. The van der Waals surface area contributed by atoms with E-state index < -0.39 is 0 Å². The van der Waals surface area contributed by atoms with E-state index in [4.69, 9.17) is 23.2 Å². The lowest BCUT2D eigenvalue weighted by Crippen LogP contribution is -1.85. The summed E-state index contributed by atoms with van der Waals surface area (Å²) in [5, 5.41) is 2.07. The predicted molar refractivity (Wildman–Crippen MR) is 58.8 cm³/mol. The highest BCUT2D eigenvalue weighted by Crippen LogP contribution is 2.31. The van der Waals surface area contributed by atoms with E-state index in [1.165, 1.54) is 11.8 Å². The van der Waals surface area contributed by atoms with Crippen LogP contribution in [0, 0.1) is 3.57 Å². The quantitative estimate of drug-likeness (QED) is 0.578. The highest BCUT2D eigenvalue weighted by Gasteiger charge is 2.07. The van der Waals surface area contributed by atoms with Crippen molar-refractivity contribution in [2.24, 2.45) is 0 Å². The van der Waals surface area contributed by atoms with Crippen LogP contribution >= 0.6 is 57.6 Å². The van der Waals surface area contributed by atoms with E-state index >= 15 is 0 Å². The fraction of sp³-hybridized carbons (Fsp3) is 0.167. The molecule has 0 aliphatic heterocycles. The van der Waals surface area contributed by atoms with Crippen LogP contribution in [0.1, 0.15) is 0 Å². The van der Waals surface area contributed by atoms with Gasteiger partial charge in [0.2, 0.25) is 0 Å². The maximum absolute atomic E-state index is 5.92. The van der Waals surface area contributed by atoms with E-state index in [-0.39, 0.29) is 0 Å². The van der Waals surface area contributed by atoms with E-state index in [1.54, 1.807) is 6.20 Å².